The molecule has 4 rings (SSSR count). The highest BCUT2D eigenvalue weighted by atomic mass is 35.5. The van der Waals surface area contributed by atoms with Gasteiger partial charge in [0, 0.05) is 29.6 Å². The molecule has 12 heteroatoms. The van der Waals surface area contributed by atoms with Gasteiger partial charge in [0.15, 0.2) is 9.84 Å². The van der Waals surface area contributed by atoms with Crippen molar-refractivity contribution in [3.63, 3.8) is 0 Å². The fourth-order valence-corrected chi connectivity index (χ4v) is 5.43. The maximum Gasteiger partial charge on any atom is 0.315 e. The second kappa shape index (κ2) is 7.97. The molecule has 10 nitrogen and oxygen atoms in total. The number of aromatic nitrogens is 2. The summed E-state index contributed by atoms with van der Waals surface area (Å²) in [4.78, 5) is 38.0. The Morgan fingerprint density at radius 1 is 1.10 bits per heavy atom. The highest BCUT2D eigenvalue weighted by Gasteiger charge is 2.35. The quantitative estimate of drug-likeness (QED) is 0.635. The van der Waals surface area contributed by atoms with Gasteiger partial charge in [-0.25, -0.2) is 13.1 Å². The molecule has 0 bridgehead atoms. The molecule has 3 amide bonds. The zero-order valence-corrected chi connectivity index (χ0v) is 17.9. The van der Waals surface area contributed by atoms with Crippen LogP contribution in [-0.2, 0) is 35.7 Å². The molecule has 0 saturated carbocycles. The molecule has 3 N–H and O–H groups in total. The van der Waals surface area contributed by atoms with E-state index in [4.69, 9.17) is 17.3 Å². The number of nitrogens with two attached hydrogens (primary N) is 1. The van der Waals surface area contributed by atoms with Crippen LogP contribution in [0.2, 0.25) is 5.02 Å². The number of primary amides is 1. The number of carbonyl (C=O) groups excluding carboxylic acids is 3. The van der Waals surface area contributed by atoms with Gasteiger partial charge >= 0.3 is 11.8 Å². The molecule has 2 aliphatic rings. The number of likely N-dealkylation sites (tertiary alicyclic amines) is 1. The number of nitrogens with one attached hydrogen (secondary N) is 1. The molecule has 31 heavy (non-hydrogen) atoms. The summed E-state index contributed by atoms with van der Waals surface area (Å²) < 4.78 is 25.5. The van der Waals surface area contributed by atoms with Crippen molar-refractivity contribution < 1.29 is 22.8 Å². The summed E-state index contributed by atoms with van der Waals surface area (Å²) in [5.41, 5.74) is 6.56. The third kappa shape index (κ3) is 4.28. The van der Waals surface area contributed by atoms with Gasteiger partial charge in [0.1, 0.15) is 5.82 Å². The normalized spacial score (nSPS) is 17.9. The van der Waals surface area contributed by atoms with Crippen LogP contribution in [0, 0.1) is 5.92 Å². The zero-order valence-electron chi connectivity index (χ0n) is 16.4. The number of carbonyl (C=O) groups is 3. The Kier molecular flexibility index (Phi) is 5.48. The van der Waals surface area contributed by atoms with Gasteiger partial charge in [-0.1, -0.05) is 11.6 Å². The van der Waals surface area contributed by atoms with Crippen LogP contribution in [0.15, 0.2) is 24.3 Å². The van der Waals surface area contributed by atoms with Crippen LogP contribution in [0.3, 0.4) is 0 Å². The van der Waals surface area contributed by atoms with Crippen molar-refractivity contribution in [1.82, 2.24) is 14.7 Å². The van der Waals surface area contributed by atoms with E-state index in [0.717, 1.165) is 0 Å². The Bertz CT molecular complexity index is 1170. The molecule has 3 heterocycles. The number of fused-ring (bicyclic) bond motifs is 1. The lowest BCUT2D eigenvalue weighted by molar-refractivity contribution is -0.144. The maximum absolute atomic E-state index is 12.7. The van der Waals surface area contributed by atoms with E-state index in [2.05, 4.69) is 10.4 Å². The number of hydrogen-bond acceptors (Lipinski definition) is 6. The molecule has 164 valence electrons. The molecule has 0 spiro atoms. The molecule has 2 aromatic rings. The van der Waals surface area contributed by atoms with E-state index in [1.807, 2.05) is 0 Å². The molecule has 0 aliphatic carbocycles. The minimum Gasteiger partial charge on any atom is -0.369 e. The number of anilines is 1. The molecule has 1 aromatic heterocycles. The Labute approximate surface area is 183 Å². The van der Waals surface area contributed by atoms with Crippen LogP contribution in [0.5, 0.6) is 0 Å². The Balaban J connectivity index is 1.59. The molecular formula is C19H20ClN5O5S. The first-order valence-electron chi connectivity index (χ1n) is 9.61. The standard InChI is InChI=1S/C19H20ClN5O5S/c20-12-1-3-13(4-2-12)25-17(14-9-31(29,30)10-15(14)23-25)22-18(27)19(28)24-7-5-11(6-8-24)16(21)26/h1-4,11H,5-10H2,(H2,21,26)(H,22,27). The minimum atomic E-state index is -3.37. The van der Waals surface area contributed by atoms with Gasteiger partial charge in [0.2, 0.25) is 5.91 Å². The number of halogens is 1. The summed E-state index contributed by atoms with van der Waals surface area (Å²) in [6.07, 6.45) is 0.787. The summed E-state index contributed by atoms with van der Waals surface area (Å²) in [6, 6.07) is 6.62. The van der Waals surface area contributed by atoms with Crippen molar-refractivity contribution in [3.05, 3.63) is 40.5 Å². The second-order valence-corrected chi connectivity index (χ2v) is 10.1. The lowest BCUT2D eigenvalue weighted by atomic mass is 9.96. The lowest BCUT2D eigenvalue weighted by Gasteiger charge is -2.30. The molecule has 0 atom stereocenters. The highest BCUT2D eigenvalue weighted by Crippen LogP contribution is 2.33. The zero-order chi connectivity index (χ0) is 22.3. The minimum absolute atomic E-state index is 0.142. The average Bonchev–Trinajstić information content (AvgIpc) is 3.20. The first-order valence-corrected chi connectivity index (χ1v) is 11.8. The van der Waals surface area contributed by atoms with E-state index >= 15 is 0 Å². The first kappa shape index (κ1) is 21.3. The van der Waals surface area contributed by atoms with Crippen molar-refractivity contribution in [2.75, 3.05) is 18.4 Å². The monoisotopic (exact) mass is 465 g/mol. The fourth-order valence-electron chi connectivity index (χ4n) is 3.81. The summed E-state index contributed by atoms with van der Waals surface area (Å²) in [7, 11) is -3.37. The number of benzene rings is 1. The van der Waals surface area contributed by atoms with Gasteiger partial charge in [-0.2, -0.15) is 5.10 Å². The van der Waals surface area contributed by atoms with Crippen LogP contribution in [0.4, 0.5) is 5.82 Å². The molecule has 1 fully saturated rings. The smallest absolute Gasteiger partial charge is 0.315 e. The van der Waals surface area contributed by atoms with Crippen molar-refractivity contribution in [2.24, 2.45) is 11.7 Å². The lowest BCUT2D eigenvalue weighted by Crippen LogP contribution is -2.46. The Hall–Kier alpha value is -2.92. The third-order valence-corrected chi connectivity index (χ3v) is 7.16. The molecule has 1 aromatic carbocycles. The average molecular weight is 466 g/mol. The van der Waals surface area contributed by atoms with Crippen molar-refractivity contribution >= 4 is 45.0 Å². The number of amides is 3. The SMILES string of the molecule is NC(=O)C1CCN(C(=O)C(=O)Nc2c3c(nn2-c2ccc(Cl)cc2)CS(=O)(=O)C3)CC1. The molecular weight excluding hydrogens is 446 g/mol. The van der Waals surface area contributed by atoms with Gasteiger partial charge in [-0.3, -0.25) is 14.4 Å². The molecule has 2 aliphatic heterocycles. The van der Waals surface area contributed by atoms with Gasteiger partial charge in [0.25, 0.3) is 0 Å². The van der Waals surface area contributed by atoms with Gasteiger partial charge in [0.05, 0.1) is 22.9 Å². The van der Waals surface area contributed by atoms with E-state index in [1.54, 1.807) is 24.3 Å². The van der Waals surface area contributed by atoms with Crippen molar-refractivity contribution in [3.8, 4) is 5.69 Å². The van der Waals surface area contributed by atoms with Crippen LogP contribution in [0.25, 0.3) is 5.69 Å². The second-order valence-electron chi connectivity index (χ2n) is 7.62. The molecule has 0 radical (unpaired) electrons. The summed E-state index contributed by atoms with van der Waals surface area (Å²) >= 11 is 5.94. The predicted octanol–water partition coefficient (Wildman–Crippen LogP) is 0.616. The van der Waals surface area contributed by atoms with Gasteiger partial charge in [-0.15, -0.1) is 0 Å². The van der Waals surface area contributed by atoms with E-state index in [9.17, 15) is 22.8 Å². The summed E-state index contributed by atoms with van der Waals surface area (Å²) in [6.45, 7) is 0.478. The Morgan fingerprint density at radius 3 is 2.35 bits per heavy atom. The van der Waals surface area contributed by atoms with Crippen LogP contribution >= 0.6 is 11.6 Å². The largest absolute Gasteiger partial charge is 0.369 e. The number of sulfone groups is 1. The van der Waals surface area contributed by atoms with E-state index < -0.39 is 27.6 Å². The molecule has 0 unspecified atom stereocenters. The third-order valence-electron chi connectivity index (χ3n) is 5.47. The topological polar surface area (TPSA) is 144 Å². The summed E-state index contributed by atoms with van der Waals surface area (Å²) in [5, 5.41) is 7.40. The van der Waals surface area contributed by atoms with Crippen molar-refractivity contribution in [2.45, 2.75) is 24.3 Å². The van der Waals surface area contributed by atoms with Crippen LogP contribution in [0.1, 0.15) is 24.1 Å². The number of piperidine rings is 1. The van der Waals surface area contributed by atoms with Crippen LogP contribution < -0.4 is 11.1 Å². The van der Waals surface area contributed by atoms with E-state index in [-0.39, 0.29) is 36.3 Å². The number of nitrogens with zero attached hydrogens (tertiary/aromatic N) is 3. The van der Waals surface area contributed by atoms with E-state index in [1.165, 1.54) is 9.58 Å². The Morgan fingerprint density at radius 2 is 1.74 bits per heavy atom. The fraction of sp³-hybridized carbons (Fsp3) is 0.368. The van der Waals surface area contributed by atoms with Gasteiger partial charge < -0.3 is 16.0 Å². The first-order chi connectivity index (χ1) is 14.6. The maximum atomic E-state index is 12.7. The number of hydrogen-bond donors (Lipinski definition) is 2. The van der Waals surface area contributed by atoms with Crippen molar-refractivity contribution in [1.29, 1.82) is 0 Å². The summed E-state index contributed by atoms with van der Waals surface area (Å²) in [5.74, 6) is -2.76. The van der Waals surface area contributed by atoms with E-state index in [0.29, 0.717) is 34.8 Å². The predicted molar refractivity (Wildman–Crippen MR) is 112 cm³/mol. The highest BCUT2D eigenvalue weighted by molar-refractivity contribution is 7.90. The number of rotatable bonds is 3. The van der Waals surface area contributed by atoms with Gasteiger partial charge in [-0.05, 0) is 37.1 Å². The van der Waals surface area contributed by atoms with Crippen LogP contribution in [-0.4, -0.2) is 53.9 Å². The molecule has 1 saturated heterocycles.